The molecule has 0 saturated carbocycles. The van der Waals surface area contributed by atoms with E-state index in [9.17, 15) is 14.4 Å². The average molecular weight is 348 g/mol. The Labute approximate surface area is 143 Å². The summed E-state index contributed by atoms with van der Waals surface area (Å²) in [4.78, 5) is 35.7. The molecule has 2 aromatic rings. The summed E-state index contributed by atoms with van der Waals surface area (Å²) < 4.78 is 1.51. The van der Waals surface area contributed by atoms with Crippen molar-refractivity contribution in [3.63, 3.8) is 0 Å². The van der Waals surface area contributed by atoms with Crippen molar-refractivity contribution in [3.8, 4) is 0 Å². The van der Waals surface area contributed by atoms with E-state index < -0.39 is 5.25 Å². The molecule has 0 unspecified atom stereocenters. The van der Waals surface area contributed by atoms with Crippen molar-refractivity contribution < 1.29 is 9.59 Å². The van der Waals surface area contributed by atoms with Gasteiger partial charge in [0.15, 0.2) is 10.9 Å². The zero-order chi connectivity index (χ0) is 17.7. The van der Waals surface area contributed by atoms with Crippen LogP contribution in [0.25, 0.3) is 0 Å². The molecule has 0 aliphatic rings. The summed E-state index contributed by atoms with van der Waals surface area (Å²) in [5.41, 5.74) is 0.662. The maximum absolute atomic E-state index is 12.4. The molecule has 0 aliphatic carbocycles. The number of benzene rings is 1. The second-order valence-corrected chi connectivity index (χ2v) is 6.62. The number of para-hydroxylation sites is 1. The number of anilines is 1. The van der Waals surface area contributed by atoms with Gasteiger partial charge in [-0.25, -0.2) is 9.89 Å². The van der Waals surface area contributed by atoms with Gasteiger partial charge in [-0.3, -0.25) is 14.2 Å². The molecule has 1 amide bonds. The van der Waals surface area contributed by atoms with E-state index in [0.717, 1.165) is 6.42 Å². The lowest BCUT2D eigenvalue weighted by atomic mass is 10.1. The van der Waals surface area contributed by atoms with Crippen molar-refractivity contribution in [1.29, 1.82) is 0 Å². The van der Waals surface area contributed by atoms with E-state index in [1.54, 1.807) is 31.2 Å². The molecule has 2 rings (SSSR count). The van der Waals surface area contributed by atoms with Crippen molar-refractivity contribution in [2.45, 2.75) is 44.1 Å². The highest BCUT2D eigenvalue weighted by Gasteiger charge is 2.20. The normalized spacial score (nSPS) is 12.0. The highest BCUT2D eigenvalue weighted by atomic mass is 32.2. The summed E-state index contributed by atoms with van der Waals surface area (Å²) in [6, 6.07) is 6.86. The first-order valence-corrected chi connectivity index (χ1v) is 8.54. The molecule has 0 aliphatic heterocycles. The summed E-state index contributed by atoms with van der Waals surface area (Å²) in [6.45, 7) is 5.68. The number of ketones is 1. The van der Waals surface area contributed by atoms with Gasteiger partial charge in [0.2, 0.25) is 5.91 Å². The van der Waals surface area contributed by atoms with Crippen LogP contribution in [0.1, 0.15) is 37.6 Å². The van der Waals surface area contributed by atoms with Crippen LogP contribution in [0.2, 0.25) is 0 Å². The Morgan fingerprint density at radius 3 is 2.75 bits per heavy atom. The second-order valence-electron chi connectivity index (χ2n) is 5.31. The zero-order valence-corrected chi connectivity index (χ0v) is 14.6. The minimum atomic E-state index is -0.476. The summed E-state index contributed by atoms with van der Waals surface area (Å²) in [5, 5.41) is 9.13. The molecule has 1 heterocycles. The van der Waals surface area contributed by atoms with E-state index in [1.165, 1.54) is 23.3 Å². The van der Waals surface area contributed by atoms with Crippen molar-refractivity contribution in [1.82, 2.24) is 14.8 Å². The molecular formula is C16H20N4O3S. The van der Waals surface area contributed by atoms with Crippen LogP contribution < -0.4 is 11.0 Å². The largest absolute Gasteiger partial charge is 0.343 e. The lowest BCUT2D eigenvalue weighted by Gasteiger charge is -2.13. The van der Waals surface area contributed by atoms with Gasteiger partial charge in [0, 0.05) is 12.1 Å². The first kappa shape index (κ1) is 18.0. The lowest BCUT2D eigenvalue weighted by Crippen LogP contribution is -2.24. The molecule has 0 spiro atoms. The molecule has 128 valence electrons. The minimum Gasteiger partial charge on any atom is -0.324 e. The summed E-state index contributed by atoms with van der Waals surface area (Å²) in [7, 11) is 0. The molecule has 0 saturated heterocycles. The number of nitrogens with one attached hydrogen (secondary N) is 2. The van der Waals surface area contributed by atoms with Crippen molar-refractivity contribution >= 4 is 29.1 Å². The highest BCUT2D eigenvalue weighted by molar-refractivity contribution is 8.00. The molecule has 8 heteroatoms. The molecule has 1 aromatic carbocycles. The topological polar surface area (TPSA) is 96.8 Å². The number of thioether (sulfide) groups is 1. The number of H-pyrrole nitrogens is 1. The Morgan fingerprint density at radius 2 is 2.08 bits per heavy atom. The Hall–Kier alpha value is -2.35. The van der Waals surface area contributed by atoms with E-state index in [2.05, 4.69) is 15.5 Å². The van der Waals surface area contributed by atoms with Gasteiger partial charge >= 0.3 is 5.69 Å². The number of hydrogen-bond donors (Lipinski definition) is 2. The number of carbonyl (C=O) groups is 2. The second kappa shape index (κ2) is 7.96. The first-order chi connectivity index (χ1) is 11.4. The number of hydrogen-bond acceptors (Lipinski definition) is 5. The average Bonchev–Trinajstić information content (AvgIpc) is 2.88. The van der Waals surface area contributed by atoms with Gasteiger partial charge in [0.05, 0.1) is 10.9 Å². The number of aromatic amines is 1. The first-order valence-electron chi connectivity index (χ1n) is 7.66. The quantitative estimate of drug-likeness (QED) is 0.591. The van der Waals surface area contributed by atoms with Crippen LogP contribution in [-0.2, 0) is 11.3 Å². The predicted octanol–water partition coefficient (Wildman–Crippen LogP) is 2.30. The third-order valence-corrected chi connectivity index (χ3v) is 4.48. The summed E-state index contributed by atoms with van der Waals surface area (Å²) in [5.74, 6) is -0.373. The number of Topliss-reactive ketones (excluding diaryl/α,β-unsaturated/α-hetero) is 1. The molecule has 24 heavy (non-hydrogen) atoms. The molecule has 7 nitrogen and oxygen atoms in total. The summed E-state index contributed by atoms with van der Waals surface area (Å²) >= 11 is 1.20. The molecule has 1 aromatic heterocycles. The van der Waals surface area contributed by atoms with Crippen LogP contribution in [0.5, 0.6) is 0 Å². The fraction of sp³-hybridized carbons (Fsp3) is 0.375. The van der Waals surface area contributed by atoms with Gasteiger partial charge in [0.25, 0.3) is 0 Å². The van der Waals surface area contributed by atoms with Crippen molar-refractivity contribution in [3.05, 3.63) is 40.3 Å². The summed E-state index contributed by atoms with van der Waals surface area (Å²) in [6.07, 6.45) is 0.791. The smallest absolute Gasteiger partial charge is 0.324 e. The molecule has 0 fully saturated rings. The fourth-order valence-electron chi connectivity index (χ4n) is 2.16. The molecule has 2 N–H and O–H groups in total. The molecule has 1 atom stereocenters. The monoisotopic (exact) mass is 348 g/mol. The zero-order valence-electron chi connectivity index (χ0n) is 13.8. The fourth-order valence-corrected chi connectivity index (χ4v) is 3.04. The number of nitrogens with zero attached hydrogens (tertiary/aromatic N) is 2. The predicted molar refractivity (Wildman–Crippen MR) is 93.5 cm³/mol. The Morgan fingerprint density at radius 1 is 1.38 bits per heavy atom. The van der Waals surface area contributed by atoms with Gasteiger partial charge < -0.3 is 5.32 Å². The van der Waals surface area contributed by atoms with Crippen LogP contribution in [0.3, 0.4) is 0 Å². The van der Waals surface area contributed by atoms with E-state index >= 15 is 0 Å². The van der Waals surface area contributed by atoms with Gasteiger partial charge in [-0.1, -0.05) is 30.8 Å². The molecule has 0 radical (unpaired) electrons. The standard InChI is InChI=1S/C16H20N4O3S/c1-4-9-20-15(23)18-19-16(20)24-11(3)14(22)17-13-8-6-5-7-12(13)10(2)21/h5-8,11H,4,9H2,1-3H3,(H,17,22)(H,18,23)/t11-/m1/s1. The van der Waals surface area contributed by atoms with Crippen LogP contribution in [-0.4, -0.2) is 31.7 Å². The van der Waals surface area contributed by atoms with E-state index in [4.69, 9.17) is 0 Å². The number of rotatable bonds is 7. The van der Waals surface area contributed by atoms with Crippen LogP contribution in [0, 0.1) is 0 Å². The number of amides is 1. The minimum absolute atomic E-state index is 0.115. The maximum Gasteiger partial charge on any atom is 0.343 e. The lowest BCUT2D eigenvalue weighted by molar-refractivity contribution is -0.115. The SMILES string of the molecule is CCCn1c(S[C@H](C)C(=O)Nc2ccccc2C(C)=O)n[nH]c1=O. The van der Waals surface area contributed by atoms with Crippen LogP contribution in [0.4, 0.5) is 5.69 Å². The number of aromatic nitrogens is 3. The Kier molecular flexibility index (Phi) is 5.97. The van der Waals surface area contributed by atoms with E-state index in [0.29, 0.717) is 23.0 Å². The van der Waals surface area contributed by atoms with Crippen molar-refractivity contribution in [2.24, 2.45) is 0 Å². The van der Waals surface area contributed by atoms with E-state index in [1.807, 2.05) is 6.92 Å². The van der Waals surface area contributed by atoms with Gasteiger partial charge in [-0.2, -0.15) is 0 Å². The molecule has 0 bridgehead atoms. The third kappa shape index (κ3) is 4.14. The van der Waals surface area contributed by atoms with Gasteiger partial charge in [0.1, 0.15) is 0 Å². The van der Waals surface area contributed by atoms with Crippen LogP contribution >= 0.6 is 11.8 Å². The third-order valence-electron chi connectivity index (χ3n) is 3.39. The van der Waals surface area contributed by atoms with Crippen molar-refractivity contribution in [2.75, 3.05) is 5.32 Å². The maximum atomic E-state index is 12.4. The van der Waals surface area contributed by atoms with E-state index in [-0.39, 0.29) is 17.4 Å². The Balaban J connectivity index is 2.11. The Bertz CT molecular complexity index is 797. The van der Waals surface area contributed by atoms with Gasteiger partial charge in [-0.15, -0.1) is 5.10 Å². The number of carbonyl (C=O) groups excluding carboxylic acids is 2. The highest BCUT2D eigenvalue weighted by Crippen LogP contribution is 2.22. The van der Waals surface area contributed by atoms with Crippen LogP contribution in [0.15, 0.2) is 34.2 Å². The van der Waals surface area contributed by atoms with Gasteiger partial charge in [-0.05, 0) is 32.4 Å². The molecular weight excluding hydrogens is 328 g/mol.